The molecule has 0 bridgehead atoms. The molecule has 1 aromatic heterocycles. The molecule has 1 fully saturated rings. The third kappa shape index (κ3) is 2.55. The van der Waals surface area contributed by atoms with Gasteiger partial charge in [0.05, 0.1) is 0 Å². The Kier molecular flexibility index (Phi) is 3.94. The van der Waals surface area contributed by atoms with Gasteiger partial charge >= 0.3 is 5.97 Å². The lowest BCUT2D eigenvalue weighted by molar-refractivity contribution is -0.152. The Labute approximate surface area is 151 Å². The average molecular weight is 355 g/mol. The van der Waals surface area contributed by atoms with E-state index in [0.29, 0.717) is 19.5 Å². The van der Waals surface area contributed by atoms with E-state index < -0.39 is 11.4 Å². The molecule has 2 atom stereocenters. The van der Waals surface area contributed by atoms with E-state index in [0.717, 1.165) is 17.0 Å². The van der Waals surface area contributed by atoms with Gasteiger partial charge in [-0.3, -0.25) is 14.3 Å². The molecule has 4 rings (SSSR count). The Hall–Kier alpha value is -2.83. The van der Waals surface area contributed by atoms with Crippen LogP contribution < -0.4 is 4.74 Å². The molecule has 2 aromatic rings. The molecule has 1 N–H and O–H groups in total. The summed E-state index contributed by atoms with van der Waals surface area (Å²) < 4.78 is 7.52. The molecule has 0 saturated carbocycles. The number of carbonyl (C=O) groups excluding carboxylic acids is 1. The lowest BCUT2D eigenvalue weighted by atomic mass is 9.73. The Morgan fingerprint density at radius 3 is 2.88 bits per heavy atom. The second kappa shape index (κ2) is 6.16. The van der Waals surface area contributed by atoms with E-state index in [9.17, 15) is 14.7 Å². The van der Waals surface area contributed by atoms with Crippen LogP contribution in [0.15, 0.2) is 36.5 Å². The minimum Gasteiger partial charge on any atom is -0.492 e. The van der Waals surface area contributed by atoms with Gasteiger partial charge in [0.2, 0.25) is 5.91 Å². The van der Waals surface area contributed by atoms with E-state index in [1.807, 2.05) is 37.3 Å². The molecule has 0 unspecified atom stereocenters. The first-order valence-electron chi connectivity index (χ1n) is 8.72. The molecular weight excluding hydrogens is 334 g/mol. The predicted molar refractivity (Wildman–Crippen MR) is 92.9 cm³/mol. The number of rotatable bonds is 4. The van der Waals surface area contributed by atoms with Gasteiger partial charge < -0.3 is 14.7 Å². The molecule has 3 heterocycles. The molecule has 1 amide bonds. The summed E-state index contributed by atoms with van der Waals surface area (Å²) in [6.07, 6.45) is 2.01. The summed E-state index contributed by atoms with van der Waals surface area (Å²) in [6, 6.07) is 9.40. The number of para-hydroxylation sites is 1. The number of aromatic nitrogens is 2. The second-order valence-corrected chi connectivity index (χ2v) is 7.06. The monoisotopic (exact) mass is 355 g/mol. The van der Waals surface area contributed by atoms with E-state index in [1.165, 1.54) is 0 Å². The number of fused-ring (bicyclic) bond motifs is 3. The predicted octanol–water partition coefficient (Wildman–Crippen LogP) is 1.67. The molecule has 7 nitrogen and oxygen atoms in total. The van der Waals surface area contributed by atoms with E-state index in [2.05, 4.69) is 5.10 Å². The van der Waals surface area contributed by atoms with Gasteiger partial charge in [-0.1, -0.05) is 18.2 Å². The van der Waals surface area contributed by atoms with E-state index in [1.54, 1.807) is 15.8 Å². The number of carbonyl (C=O) groups is 2. The maximum absolute atomic E-state index is 12.7. The highest BCUT2D eigenvalue weighted by molar-refractivity contribution is 5.82. The maximum atomic E-state index is 12.7. The molecule has 1 saturated heterocycles. The Morgan fingerprint density at radius 2 is 2.15 bits per heavy atom. The lowest BCUT2D eigenvalue weighted by Crippen LogP contribution is -2.46. The molecule has 0 spiro atoms. The van der Waals surface area contributed by atoms with Crippen molar-refractivity contribution in [1.82, 2.24) is 14.7 Å². The van der Waals surface area contributed by atoms with Crippen molar-refractivity contribution >= 4 is 11.9 Å². The van der Waals surface area contributed by atoms with Crippen molar-refractivity contribution in [2.45, 2.75) is 25.8 Å². The first-order chi connectivity index (χ1) is 12.5. The number of aryl methyl sites for hydroxylation is 2. The number of likely N-dealkylation sites (tertiary alicyclic amines) is 1. The van der Waals surface area contributed by atoms with Crippen LogP contribution in [-0.4, -0.2) is 51.4 Å². The molecule has 26 heavy (non-hydrogen) atoms. The van der Waals surface area contributed by atoms with Crippen molar-refractivity contribution in [3.8, 4) is 5.75 Å². The van der Waals surface area contributed by atoms with Gasteiger partial charge in [0.15, 0.2) is 0 Å². The average Bonchev–Trinajstić information content (AvgIpc) is 3.24. The maximum Gasteiger partial charge on any atom is 0.315 e. The van der Waals surface area contributed by atoms with Crippen molar-refractivity contribution in [2.75, 3.05) is 19.7 Å². The summed E-state index contributed by atoms with van der Waals surface area (Å²) in [4.78, 5) is 26.5. The van der Waals surface area contributed by atoms with Crippen molar-refractivity contribution in [2.24, 2.45) is 5.41 Å². The fraction of sp³-hybridized carbons (Fsp3) is 0.421. The number of amides is 1. The van der Waals surface area contributed by atoms with Crippen LogP contribution >= 0.6 is 0 Å². The van der Waals surface area contributed by atoms with Gasteiger partial charge in [-0.15, -0.1) is 0 Å². The van der Waals surface area contributed by atoms with Crippen LogP contribution in [0.3, 0.4) is 0 Å². The zero-order chi connectivity index (χ0) is 18.3. The summed E-state index contributed by atoms with van der Waals surface area (Å²) in [5.74, 6) is -0.487. The van der Waals surface area contributed by atoms with Gasteiger partial charge in [0.25, 0.3) is 0 Å². The second-order valence-electron chi connectivity index (χ2n) is 7.06. The molecule has 0 radical (unpaired) electrons. The Balaban J connectivity index is 1.55. The number of benzene rings is 1. The zero-order valence-corrected chi connectivity index (χ0v) is 14.6. The summed E-state index contributed by atoms with van der Waals surface area (Å²) in [5.41, 5.74) is 0.794. The Morgan fingerprint density at radius 1 is 1.35 bits per heavy atom. The molecule has 1 aromatic carbocycles. The molecule has 136 valence electrons. The minimum atomic E-state index is -1.08. The topological polar surface area (TPSA) is 84.7 Å². The van der Waals surface area contributed by atoms with Gasteiger partial charge in [-0.2, -0.15) is 5.10 Å². The first-order valence-corrected chi connectivity index (χ1v) is 8.72. The van der Waals surface area contributed by atoms with Crippen molar-refractivity contribution < 1.29 is 19.4 Å². The van der Waals surface area contributed by atoms with Gasteiger partial charge in [-0.05, 0) is 19.1 Å². The van der Waals surface area contributed by atoms with Gasteiger partial charge in [-0.25, -0.2) is 0 Å². The van der Waals surface area contributed by atoms with E-state index in [4.69, 9.17) is 4.74 Å². The van der Waals surface area contributed by atoms with Crippen LogP contribution in [-0.2, 0) is 16.1 Å². The van der Waals surface area contributed by atoms with Crippen molar-refractivity contribution in [3.05, 3.63) is 47.8 Å². The van der Waals surface area contributed by atoms with Crippen LogP contribution in [0.1, 0.15) is 23.6 Å². The quantitative estimate of drug-likeness (QED) is 0.902. The summed E-state index contributed by atoms with van der Waals surface area (Å²) in [5, 5.41) is 14.1. The fourth-order valence-electron chi connectivity index (χ4n) is 4.02. The lowest BCUT2D eigenvalue weighted by Gasteiger charge is -2.35. The van der Waals surface area contributed by atoms with Crippen LogP contribution in [0.4, 0.5) is 0 Å². The number of hydrogen-bond donors (Lipinski definition) is 1. The summed E-state index contributed by atoms with van der Waals surface area (Å²) in [7, 11) is 0. The zero-order valence-electron chi connectivity index (χ0n) is 14.6. The molecule has 2 aliphatic rings. The third-order valence-electron chi connectivity index (χ3n) is 5.57. The van der Waals surface area contributed by atoms with Crippen molar-refractivity contribution in [3.63, 3.8) is 0 Å². The first kappa shape index (κ1) is 16.6. The normalized spacial score (nSPS) is 23.9. The number of nitrogens with zero attached hydrogens (tertiary/aromatic N) is 3. The van der Waals surface area contributed by atoms with Crippen LogP contribution in [0.25, 0.3) is 0 Å². The van der Waals surface area contributed by atoms with E-state index >= 15 is 0 Å². The number of aliphatic carboxylic acids is 1. The van der Waals surface area contributed by atoms with E-state index in [-0.39, 0.29) is 25.0 Å². The molecular formula is C19H21N3O4. The highest BCUT2D eigenvalue weighted by Crippen LogP contribution is 2.49. The Bertz CT molecular complexity index is 862. The highest BCUT2D eigenvalue weighted by atomic mass is 16.5. The number of ether oxygens (including phenoxy) is 1. The molecule has 2 aliphatic heterocycles. The summed E-state index contributed by atoms with van der Waals surface area (Å²) in [6.45, 7) is 3.11. The fourth-order valence-corrected chi connectivity index (χ4v) is 4.02. The van der Waals surface area contributed by atoms with Crippen LogP contribution in [0.2, 0.25) is 0 Å². The molecule has 0 aliphatic carbocycles. The standard InChI is InChI=1S/C19H21N3O4/c1-13-6-8-20-22(13)9-7-17(23)21-10-15-14-4-2-3-5-16(14)26-12-19(15,11-21)18(24)25/h2-6,8,15H,7,9-12H2,1H3,(H,24,25)/t15-,19-/m0/s1. The largest absolute Gasteiger partial charge is 0.492 e. The summed E-state index contributed by atoms with van der Waals surface area (Å²) >= 11 is 0. The SMILES string of the molecule is Cc1ccnn1CCC(=O)N1C[C@H]2c3ccccc3OC[C@@]2(C(=O)O)C1. The minimum absolute atomic E-state index is 0.0487. The van der Waals surface area contributed by atoms with Gasteiger partial charge in [0.1, 0.15) is 17.8 Å². The van der Waals surface area contributed by atoms with Crippen molar-refractivity contribution in [1.29, 1.82) is 0 Å². The van der Waals surface area contributed by atoms with Crippen LogP contribution in [0.5, 0.6) is 5.75 Å². The number of carboxylic acids is 1. The van der Waals surface area contributed by atoms with Crippen LogP contribution in [0, 0.1) is 12.3 Å². The smallest absolute Gasteiger partial charge is 0.315 e. The third-order valence-corrected chi connectivity index (χ3v) is 5.57. The van der Waals surface area contributed by atoms with Gasteiger partial charge in [0, 0.05) is 49.4 Å². The molecule has 7 heteroatoms. The number of hydrogen-bond acceptors (Lipinski definition) is 4. The highest BCUT2D eigenvalue weighted by Gasteiger charge is 2.57. The number of carboxylic acid groups (broad SMARTS) is 1.